The summed E-state index contributed by atoms with van der Waals surface area (Å²) in [5, 5.41) is 3.42. The molecule has 0 heterocycles. The van der Waals surface area contributed by atoms with Gasteiger partial charge in [0.2, 0.25) is 5.91 Å². The zero-order valence-electron chi connectivity index (χ0n) is 19.7. The van der Waals surface area contributed by atoms with Crippen molar-refractivity contribution in [2.75, 3.05) is 18.0 Å². The molecule has 1 atom stereocenters. The number of aryl methyl sites for hydroxylation is 2. The standard InChI is InChI=1S/C26H29ClN2O4S/c1-5-24(20-9-14-25(33-4)19(3)16-20)28-26(30)17-29(22-8-6-7-18(2)15-22)34(31,32)23-12-10-21(27)11-13-23/h6-16,24H,5,17H2,1-4H3,(H,28,30)/t24-/m1/s1. The van der Waals surface area contributed by atoms with Gasteiger partial charge in [0, 0.05) is 5.02 Å². The third-order valence-corrected chi connectivity index (χ3v) is 7.58. The molecule has 8 heteroatoms. The Morgan fingerprint density at radius 1 is 1.06 bits per heavy atom. The Bertz CT molecular complexity index is 1260. The van der Waals surface area contributed by atoms with Crippen molar-refractivity contribution in [1.82, 2.24) is 5.32 Å². The average Bonchev–Trinajstić information content (AvgIpc) is 2.81. The first-order valence-corrected chi connectivity index (χ1v) is 12.8. The van der Waals surface area contributed by atoms with E-state index in [4.69, 9.17) is 16.3 Å². The number of nitrogens with one attached hydrogen (secondary N) is 1. The number of hydrogen-bond acceptors (Lipinski definition) is 4. The first-order chi connectivity index (χ1) is 16.1. The molecule has 0 spiro atoms. The second-order valence-electron chi connectivity index (χ2n) is 8.06. The number of anilines is 1. The van der Waals surface area contributed by atoms with Crippen molar-refractivity contribution in [3.8, 4) is 5.75 Å². The van der Waals surface area contributed by atoms with Crippen LogP contribution in [0.3, 0.4) is 0 Å². The molecule has 0 aliphatic heterocycles. The van der Waals surface area contributed by atoms with Gasteiger partial charge >= 0.3 is 0 Å². The second kappa shape index (κ2) is 10.9. The summed E-state index contributed by atoms with van der Waals surface area (Å²) < 4.78 is 33.5. The van der Waals surface area contributed by atoms with Crippen LogP contribution < -0.4 is 14.4 Å². The summed E-state index contributed by atoms with van der Waals surface area (Å²) in [6.45, 7) is 5.41. The molecule has 0 saturated heterocycles. The second-order valence-corrected chi connectivity index (χ2v) is 10.4. The van der Waals surface area contributed by atoms with E-state index in [-0.39, 0.29) is 17.5 Å². The molecule has 3 aromatic carbocycles. The summed E-state index contributed by atoms with van der Waals surface area (Å²) >= 11 is 5.94. The number of amides is 1. The van der Waals surface area contributed by atoms with Crippen LogP contribution in [-0.2, 0) is 14.8 Å². The number of hydrogen-bond donors (Lipinski definition) is 1. The fourth-order valence-electron chi connectivity index (χ4n) is 3.74. The van der Waals surface area contributed by atoms with Gasteiger partial charge in [-0.05, 0) is 79.4 Å². The Morgan fingerprint density at radius 3 is 2.35 bits per heavy atom. The molecule has 3 aromatic rings. The zero-order chi connectivity index (χ0) is 24.9. The smallest absolute Gasteiger partial charge is 0.264 e. The largest absolute Gasteiger partial charge is 0.496 e. The van der Waals surface area contributed by atoms with Crippen molar-refractivity contribution >= 4 is 33.2 Å². The monoisotopic (exact) mass is 500 g/mol. The summed E-state index contributed by atoms with van der Waals surface area (Å²) in [6.07, 6.45) is 0.645. The van der Waals surface area contributed by atoms with Crippen LogP contribution in [-0.4, -0.2) is 28.0 Å². The molecule has 1 N–H and O–H groups in total. The maximum absolute atomic E-state index is 13.5. The van der Waals surface area contributed by atoms with Gasteiger partial charge in [-0.15, -0.1) is 0 Å². The molecule has 0 radical (unpaired) electrons. The molecule has 1 amide bonds. The lowest BCUT2D eigenvalue weighted by molar-refractivity contribution is -0.120. The van der Waals surface area contributed by atoms with Crippen LogP contribution in [0.5, 0.6) is 5.75 Å². The van der Waals surface area contributed by atoms with Crippen molar-refractivity contribution in [1.29, 1.82) is 0 Å². The summed E-state index contributed by atoms with van der Waals surface area (Å²) in [4.78, 5) is 13.2. The van der Waals surface area contributed by atoms with Crippen LogP contribution in [0.2, 0.25) is 5.02 Å². The molecule has 3 rings (SSSR count). The van der Waals surface area contributed by atoms with Crippen LogP contribution in [0.1, 0.15) is 36.1 Å². The Hall–Kier alpha value is -3.03. The zero-order valence-corrected chi connectivity index (χ0v) is 21.3. The third kappa shape index (κ3) is 5.90. The molecular weight excluding hydrogens is 472 g/mol. The Labute approximate surface area is 206 Å². The van der Waals surface area contributed by atoms with E-state index < -0.39 is 15.9 Å². The van der Waals surface area contributed by atoms with Gasteiger partial charge in [0.25, 0.3) is 10.0 Å². The van der Waals surface area contributed by atoms with E-state index in [1.54, 1.807) is 25.3 Å². The predicted octanol–water partition coefficient (Wildman–Crippen LogP) is 5.43. The molecule has 0 unspecified atom stereocenters. The molecule has 0 aliphatic carbocycles. The molecule has 0 aromatic heterocycles. The number of carbonyl (C=O) groups excluding carboxylic acids is 1. The van der Waals surface area contributed by atoms with Crippen LogP contribution in [0.4, 0.5) is 5.69 Å². The number of sulfonamides is 1. The average molecular weight is 501 g/mol. The molecular formula is C26H29ClN2O4S. The van der Waals surface area contributed by atoms with E-state index in [1.807, 2.05) is 45.0 Å². The van der Waals surface area contributed by atoms with Crippen LogP contribution in [0, 0.1) is 13.8 Å². The maximum Gasteiger partial charge on any atom is 0.264 e. The molecule has 180 valence electrons. The van der Waals surface area contributed by atoms with E-state index in [2.05, 4.69) is 5.32 Å². The first-order valence-electron chi connectivity index (χ1n) is 10.9. The lowest BCUT2D eigenvalue weighted by Gasteiger charge is -2.26. The molecule has 6 nitrogen and oxygen atoms in total. The van der Waals surface area contributed by atoms with Gasteiger partial charge in [0.1, 0.15) is 12.3 Å². The summed E-state index contributed by atoms with van der Waals surface area (Å²) in [6, 6.07) is 18.4. The minimum atomic E-state index is -4.01. The predicted molar refractivity (Wildman–Crippen MR) is 136 cm³/mol. The third-order valence-electron chi connectivity index (χ3n) is 5.54. The van der Waals surface area contributed by atoms with Gasteiger partial charge in [0.05, 0.1) is 23.7 Å². The molecule has 0 saturated carbocycles. The minimum Gasteiger partial charge on any atom is -0.496 e. The van der Waals surface area contributed by atoms with Crippen molar-refractivity contribution in [2.45, 2.75) is 38.1 Å². The Balaban J connectivity index is 1.90. The Kier molecular flexibility index (Phi) is 8.23. The number of rotatable bonds is 9. The van der Waals surface area contributed by atoms with Gasteiger partial charge in [-0.1, -0.05) is 42.8 Å². The first kappa shape index (κ1) is 25.6. The number of carbonyl (C=O) groups is 1. The molecule has 0 aliphatic rings. The van der Waals surface area contributed by atoms with Crippen molar-refractivity contribution in [3.05, 3.63) is 88.4 Å². The van der Waals surface area contributed by atoms with Crippen LogP contribution in [0.15, 0.2) is 71.6 Å². The number of methoxy groups -OCH3 is 1. The van der Waals surface area contributed by atoms with Gasteiger partial charge in [-0.3, -0.25) is 9.10 Å². The van der Waals surface area contributed by atoms with Gasteiger partial charge in [-0.25, -0.2) is 8.42 Å². The number of nitrogens with zero attached hydrogens (tertiary/aromatic N) is 1. The van der Waals surface area contributed by atoms with Crippen LogP contribution >= 0.6 is 11.6 Å². The highest BCUT2D eigenvalue weighted by atomic mass is 35.5. The SMILES string of the molecule is CC[C@@H](NC(=O)CN(c1cccc(C)c1)S(=O)(=O)c1ccc(Cl)cc1)c1ccc(OC)c(C)c1. The lowest BCUT2D eigenvalue weighted by atomic mass is 10.0. The van der Waals surface area contributed by atoms with Crippen molar-refractivity contribution < 1.29 is 17.9 Å². The van der Waals surface area contributed by atoms with Gasteiger partial charge in [0.15, 0.2) is 0 Å². The number of benzene rings is 3. The highest BCUT2D eigenvalue weighted by molar-refractivity contribution is 7.92. The quantitative estimate of drug-likeness (QED) is 0.425. The molecule has 34 heavy (non-hydrogen) atoms. The highest BCUT2D eigenvalue weighted by Crippen LogP contribution is 2.27. The summed E-state index contributed by atoms with van der Waals surface area (Å²) in [5.41, 5.74) is 3.18. The van der Waals surface area contributed by atoms with Gasteiger partial charge < -0.3 is 10.1 Å². The fourth-order valence-corrected chi connectivity index (χ4v) is 5.28. The highest BCUT2D eigenvalue weighted by Gasteiger charge is 2.28. The summed E-state index contributed by atoms with van der Waals surface area (Å²) in [7, 11) is -2.40. The fraction of sp³-hybridized carbons (Fsp3) is 0.269. The maximum atomic E-state index is 13.5. The minimum absolute atomic E-state index is 0.0593. The van der Waals surface area contributed by atoms with E-state index in [1.165, 1.54) is 24.3 Å². The van der Waals surface area contributed by atoms with E-state index >= 15 is 0 Å². The van der Waals surface area contributed by atoms with Crippen molar-refractivity contribution in [3.63, 3.8) is 0 Å². The van der Waals surface area contributed by atoms with E-state index in [0.717, 1.165) is 26.7 Å². The number of ether oxygens (including phenoxy) is 1. The van der Waals surface area contributed by atoms with Gasteiger partial charge in [-0.2, -0.15) is 0 Å². The summed E-state index contributed by atoms with van der Waals surface area (Å²) in [5.74, 6) is 0.365. The number of halogens is 1. The van der Waals surface area contributed by atoms with Crippen molar-refractivity contribution in [2.24, 2.45) is 0 Å². The molecule has 0 bridgehead atoms. The Morgan fingerprint density at radius 2 is 1.76 bits per heavy atom. The van der Waals surface area contributed by atoms with E-state index in [0.29, 0.717) is 17.1 Å². The lowest BCUT2D eigenvalue weighted by Crippen LogP contribution is -2.42. The molecule has 0 fully saturated rings. The van der Waals surface area contributed by atoms with Crippen LogP contribution in [0.25, 0.3) is 0 Å². The normalized spacial score (nSPS) is 12.1. The van der Waals surface area contributed by atoms with E-state index in [9.17, 15) is 13.2 Å². The topological polar surface area (TPSA) is 75.7 Å².